The number of amides is 1. The summed E-state index contributed by atoms with van der Waals surface area (Å²) in [6, 6.07) is -3.25. The Labute approximate surface area is 167 Å². The number of nitrogens with two attached hydrogens (primary N) is 1. The van der Waals surface area contributed by atoms with Gasteiger partial charge in [0.05, 0.1) is 25.3 Å². The van der Waals surface area contributed by atoms with Gasteiger partial charge in [-0.25, -0.2) is 9.18 Å². The van der Waals surface area contributed by atoms with E-state index in [1.807, 2.05) is 0 Å². The van der Waals surface area contributed by atoms with Gasteiger partial charge in [0.2, 0.25) is 5.91 Å². The summed E-state index contributed by atoms with van der Waals surface area (Å²) in [7, 11) is 0. The van der Waals surface area contributed by atoms with Gasteiger partial charge >= 0.3 is 11.8 Å². The molecule has 0 bridgehead atoms. The van der Waals surface area contributed by atoms with E-state index in [9.17, 15) is 24.2 Å². The van der Waals surface area contributed by atoms with Crippen molar-refractivity contribution in [1.82, 2.24) is 5.32 Å². The normalized spacial score (nSPS) is 35.6. The molecule has 9 nitrogen and oxygen atoms in total. The van der Waals surface area contributed by atoms with Crippen molar-refractivity contribution in [3.63, 3.8) is 0 Å². The molecule has 0 aromatic heterocycles. The number of aliphatic hydroxyl groups is 3. The highest BCUT2D eigenvalue weighted by Crippen LogP contribution is 2.36. The van der Waals surface area contributed by atoms with Gasteiger partial charge in [-0.2, -0.15) is 4.39 Å². The van der Waals surface area contributed by atoms with Crippen LogP contribution in [0.2, 0.25) is 0 Å². The molecule has 168 valence electrons. The van der Waals surface area contributed by atoms with Gasteiger partial charge in [0.15, 0.2) is 6.17 Å². The van der Waals surface area contributed by atoms with Crippen molar-refractivity contribution >= 4 is 11.9 Å². The van der Waals surface area contributed by atoms with Gasteiger partial charge in [-0.05, 0) is 18.8 Å². The fourth-order valence-electron chi connectivity index (χ4n) is 3.81. The van der Waals surface area contributed by atoms with E-state index in [1.54, 1.807) is 0 Å². The molecule has 1 heterocycles. The largest absolute Gasteiger partial charge is 0.461 e. The average Bonchev–Trinajstić information content (AvgIpc) is 2.71. The number of ether oxygens (including phenoxy) is 2. The first-order chi connectivity index (χ1) is 13.6. The molecule has 0 aromatic rings. The number of rotatable bonds is 7. The zero-order valence-electron chi connectivity index (χ0n) is 16.3. The van der Waals surface area contributed by atoms with Gasteiger partial charge < -0.3 is 35.8 Å². The lowest BCUT2D eigenvalue weighted by atomic mass is 9.86. The summed E-state index contributed by atoms with van der Waals surface area (Å²) in [6.07, 6.45) is -3.67. The SMILES string of the molecule is CC(=O)N[C@@H]1[C@@H](N)[C@@H](F)[C@](F)(C(=O)OCC2CCCCC2)O[C@H]1[C@H](O)[C@H](O)CO. The molecule has 0 radical (unpaired) electrons. The number of esters is 1. The predicted molar refractivity (Wildman–Crippen MR) is 95.8 cm³/mol. The number of carbonyl (C=O) groups is 2. The second kappa shape index (κ2) is 10.1. The molecule has 1 saturated carbocycles. The molecule has 0 aromatic carbocycles. The number of hydrogen-bond acceptors (Lipinski definition) is 8. The topological polar surface area (TPSA) is 151 Å². The molecule has 2 aliphatic rings. The first-order valence-electron chi connectivity index (χ1n) is 9.79. The molecule has 1 aliphatic carbocycles. The number of alkyl halides is 2. The van der Waals surface area contributed by atoms with Gasteiger partial charge in [-0.15, -0.1) is 0 Å². The predicted octanol–water partition coefficient (Wildman–Crippen LogP) is -0.941. The molecular formula is C18H30F2N2O7. The van der Waals surface area contributed by atoms with Crippen molar-refractivity contribution in [2.24, 2.45) is 11.7 Å². The molecule has 11 heteroatoms. The van der Waals surface area contributed by atoms with Crippen LogP contribution >= 0.6 is 0 Å². The highest BCUT2D eigenvalue weighted by Gasteiger charge is 2.62. The van der Waals surface area contributed by atoms with Crippen LogP contribution in [-0.2, 0) is 19.1 Å². The Bertz CT molecular complexity index is 578. The van der Waals surface area contributed by atoms with Crippen LogP contribution in [0.3, 0.4) is 0 Å². The van der Waals surface area contributed by atoms with E-state index >= 15 is 4.39 Å². The van der Waals surface area contributed by atoms with Crippen LogP contribution in [0.4, 0.5) is 8.78 Å². The Kier molecular flexibility index (Phi) is 8.29. The second-order valence-electron chi connectivity index (χ2n) is 7.78. The summed E-state index contributed by atoms with van der Waals surface area (Å²) in [6.45, 7) is 0.0621. The summed E-state index contributed by atoms with van der Waals surface area (Å²) >= 11 is 0. The standard InChI is InChI=1S/C18H30F2N2O7/c1-9(24)22-13-12(21)16(19)18(20,29-15(13)14(26)11(25)7-23)17(27)28-8-10-5-3-2-4-6-10/h10-16,23,25-26H,2-8,21H2,1H3,(H,22,24)/t11-,12-,13-,14-,15-,16-,18-/m1/s1. The molecule has 2 rings (SSSR count). The van der Waals surface area contributed by atoms with Crippen LogP contribution < -0.4 is 11.1 Å². The molecule has 1 aliphatic heterocycles. The van der Waals surface area contributed by atoms with E-state index in [0.717, 1.165) is 39.0 Å². The van der Waals surface area contributed by atoms with Gasteiger partial charge in [-0.3, -0.25) is 4.79 Å². The Hall–Kier alpha value is -1.40. The minimum absolute atomic E-state index is 0.0383. The lowest BCUT2D eigenvalue weighted by molar-refractivity contribution is -0.279. The van der Waals surface area contributed by atoms with Crippen LogP contribution in [0.25, 0.3) is 0 Å². The number of carbonyl (C=O) groups excluding carboxylic acids is 2. The van der Waals surface area contributed by atoms with E-state index in [4.69, 9.17) is 20.3 Å². The molecule has 6 N–H and O–H groups in total. The zero-order chi connectivity index (χ0) is 21.8. The lowest BCUT2D eigenvalue weighted by Crippen LogP contribution is -2.73. The third-order valence-corrected chi connectivity index (χ3v) is 5.51. The molecular weight excluding hydrogens is 394 g/mol. The van der Waals surface area contributed by atoms with E-state index in [-0.39, 0.29) is 12.5 Å². The second-order valence-corrected chi connectivity index (χ2v) is 7.78. The first-order valence-corrected chi connectivity index (χ1v) is 9.79. The van der Waals surface area contributed by atoms with E-state index in [1.165, 1.54) is 0 Å². The first kappa shape index (κ1) is 23.9. The van der Waals surface area contributed by atoms with Crippen molar-refractivity contribution in [3.05, 3.63) is 0 Å². The van der Waals surface area contributed by atoms with Gasteiger partial charge in [0.1, 0.15) is 18.3 Å². The molecule has 0 unspecified atom stereocenters. The summed E-state index contributed by atoms with van der Waals surface area (Å²) in [5, 5.41) is 31.2. The molecule has 7 atom stereocenters. The van der Waals surface area contributed by atoms with Gasteiger partial charge in [0.25, 0.3) is 0 Å². The number of nitrogens with one attached hydrogen (secondary N) is 1. The summed E-state index contributed by atoms with van der Waals surface area (Å²) < 4.78 is 40.0. The monoisotopic (exact) mass is 424 g/mol. The molecule has 1 amide bonds. The van der Waals surface area contributed by atoms with Crippen molar-refractivity contribution < 1.29 is 43.2 Å². The smallest absolute Gasteiger partial charge is 0.375 e. The Morgan fingerprint density at radius 3 is 2.48 bits per heavy atom. The number of hydrogen-bond donors (Lipinski definition) is 5. The highest BCUT2D eigenvalue weighted by atomic mass is 19.2. The molecule has 2 fully saturated rings. The minimum atomic E-state index is -3.64. The Balaban J connectivity index is 2.19. The van der Waals surface area contributed by atoms with Crippen LogP contribution in [0, 0.1) is 5.92 Å². The van der Waals surface area contributed by atoms with Crippen molar-refractivity contribution in [3.8, 4) is 0 Å². The van der Waals surface area contributed by atoms with Crippen LogP contribution in [-0.4, -0.2) is 82.8 Å². The average molecular weight is 424 g/mol. The molecule has 1 saturated heterocycles. The quantitative estimate of drug-likeness (QED) is 0.329. The summed E-state index contributed by atoms with van der Waals surface area (Å²) in [5.74, 6) is -5.90. The van der Waals surface area contributed by atoms with E-state index in [2.05, 4.69) is 5.32 Å². The summed E-state index contributed by atoms with van der Waals surface area (Å²) in [4.78, 5) is 23.8. The van der Waals surface area contributed by atoms with Crippen LogP contribution in [0.15, 0.2) is 0 Å². The highest BCUT2D eigenvalue weighted by molar-refractivity contribution is 5.79. The maximum absolute atomic E-state index is 15.3. The molecule has 29 heavy (non-hydrogen) atoms. The van der Waals surface area contributed by atoms with Crippen molar-refractivity contribution in [2.45, 2.75) is 81.4 Å². The lowest BCUT2D eigenvalue weighted by Gasteiger charge is -2.46. The van der Waals surface area contributed by atoms with Crippen molar-refractivity contribution in [1.29, 1.82) is 0 Å². The van der Waals surface area contributed by atoms with E-state index < -0.39 is 60.9 Å². The third-order valence-electron chi connectivity index (χ3n) is 5.51. The van der Waals surface area contributed by atoms with Crippen LogP contribution in [0.5, 0.6) is 0 Å². The maximum Gasteiger partial charge on any atom is 0.375 e. The fourth-order valence-corrected chi connectivity index (χ4v) is 3.81. The summed E-state index contributed by atoms with van der Waals surface area (Å²) in [5.41, 5.74) is 5.72. The van der Waals surface area contributed by atoms with Gasteiger partial charge in [-0.1, -0.05) is 19.3 Å². The van der Waals surface area contributed by atoms with E-state index in [0.29, 0.717) is 0 Å². The van der Waals surface area contributed by atoms with Crippen LogP contribution in [0.1, 0.15) is 39.0 Å². The fraction of sp³-hybridized carbons (Fsp3) is 0.889. The van der Waals surface area contributed by atoms with Crippen molar-refractivity contribution in [2.75, 3.05) is 13.2 Å². The van der Waals surface area contributed by atoms with Gasteiger partial charge in [0, 0.05) is 6.92 Å². The minimum Gasteiger partial charge on any atom is -0.461 e. The third kappa shape index (κ3) is 5.40. The Morgan fingerprint density at radius 2 is 1.93 bits per heavy atom. The number of aliphatic hydroxyl groups excluding tert-OH is 3. The number of halogens is 2. The maximum atomic E-state index is 15.3. The Morgan fingerprint density at radius 1 is 1.31 bits per heavy atom. The zero-order valence-corrected chi connectivity index (χ0v) is 16.3. The molecule has 0 spiro atoms.